The fourth-order valence-corrected chi connectivity index (χ4v) is 3.70. The second-order valence-electron chi connectivity index (χ2n) is 6.39. The van der Waals surface area contributed by atoms with Crippen molar-refractivity contribution in [2.45, 2.75) is 39.5 Å². The van der Waals surface area contributed by atoms with Gasteiger partial charge in [0.05, 0.1) is 0 Å². The van der Waals surface area contributed by atoms with Crippen molar-refractivity contribution < 1.29 is 4.79 Å². The number of likely N-dealkylation sites (N-methyl/N-ethyl adjacent to an activating group) is 1. The third-order valence-electron chi connectivity index (χ3n) is 4.83. The molecule has 0 aromatic rings. The van der Waals surface area contributed by atoms with E-state index in [1.165, 1.54) is 32.2 Å². The van der Waals surface area contributed by atoms with Crippen LogP contribution < -0.4 is 0 Å². The summed E-state index contributed by atoms with van der Waals surface area (Å²) in [7, 11) is 0. The van der Waals surface area contributed by atoms with Crippen molar-refractivity contribution in [2.75, 3.05) is 39.3 Å². The Labute approximate surface area is 112 Å². The third-order valence-corrected chi connectivity index (χ3v) is 4.83. The van der Waals surface area contributed by atoms with Crippen molar-refractivity contribution >= 4 is 6.29 Å². The van der Waals surface area contributed by atoms with Crippen LogP contribution in [0.2, 0.25) is 0 Å². The standard InChI is InChI=1S/C15H28N2O/c1-3-16-7-9-17(10-8-16)12-15(13-18)6-4-5-14(2)11-15/h13-14H,3-12H2,1-2H3. The molecule has 3 nitrogen and oxygen atoms in total. The Morgan fingerprint density at radius 1 is 1.22 bits per heavy atom. The van der Waals surface area contributed by atoms with E-state index in [1.807, 2.05) is 0 Å². The lowest BCUT2D eigenvalue weighted by atomic mass is 9.70. The highest BCUT2D eigenvalue weighted by atomic mass is 16.1. The summed E-state index contributed by atoms with van der Waals surface area (Å²) in [5.74, 6) is 0.723. The normalized spacial score (nSPS) is 35.6. The van der Waals surface area contributed by atoms with Gasteiger partial charge in [-0.15, -0.1) is 0 Å². The molecule has 1 saturated carbocycles. The first-order valence-corrected chi connectivity index (χ1v) is 7.58. The average Bonchev–Trinajstić information content (AvgIpc) is 2.39. The number of hydrogen-bond donors (Lipinski definition) is 0. The van der Waals surface area contributed by atoms with Gasteiger partial charge in [-0.3, -0.25) is 4.90 Å². The third kappa shape index (κ3) is 3.33. The van der Waals surface area contributed by atoms with Gasteiger partial charge in [-0.1, -0.05) is 26.7 Å². The molecule has 0 aromatic heterocycles. The first kappa shape index (κ1) is 14.0. The fourth-order valence-electron chi connectivity index (χ4n) is 3.70. The molecule has 104 valence electrons. The van der Waals surface area contributed by atoms with Gasteiger partial charge in [0.25, 0.3) is 0 Å². The average molecular weight is 252 g/mol. The molecule has 1 aliphatic heterocycles. The Morgan fingerprint density at radius 3 is 2.44 bits per heavy atom. The number of nitrogens with zero attached hydrogens (tertiary/aromatic N) is 2. The summed E-state index contributed by atoms with van der Waals surface area (Å²) < 4.78 is 0. The molecule has 1 aliphatic carbocycles. The lowest BCUT2D eigenvalue weighted by Crippen LogP contribution is -2.50. The van der Waals surface area contributed by atoms with Crippen LogP contribution in [0.4, 0.5) is 0 Å². The number of aldehydes is 1. The van der Waals surface area contributed by atoms with E-state index < -0.39 is 0 Å². The van der Waals surface area contributed by atoms with Crippen molar-refractivity contribution in [1.29, 1.82) is 0 Å². The number of carbonyl (C=O) groups excluding carboxylic acids is 1. The van der Waals surface area contributed by atoms with Gasteiger partial charge in [-0.2, -0.15) is 0 Å². The topological polar surface area (TPSA) is 23.6 Å². The van der Waals surface area contributed by atoms with Gasteiger partial charge in [0.15, 0.2) is 0 Å². The van der Waals surface area contributed by atoms with E-state index in [0.29, 0.717) is 0 Å². The van der Waals surface area contributed by atoms with Crippen LogP contribution in [-0.4, -0.2) is 55.4 Å². The van der Waals surface area contributed by atoms with Crippen LogP contribution in [0.15, 0.2) is 0 Å². The number of rotatable bonds is 4. The minimum absolute atomic E-state index is 0.0357. The van der Waals surface area contributed by atoms with Crippen molar-refractivity contribution in [3.05, 3.63) is 0 Å². The molecule has 0 aromatic carbocycles. The molecule has 2 aliphatic rings. The van der Waals surface area contributed by atoms with Crippen molar-refractivity contribution in [3.63, 3.8) is 0 Å². The Kier molecular flexibility index (Phi) is 4.79. The van der Waals surface area contributed by atoms with Crippen molar-refractivity contribution in [3.8, 4) is 0 Å². The highest BCUT2D eigenvalue weighted by Crippen LogP contribution is 2.38. The Hall–Kier alpha value is -0.410. The SMILES string of the molecule is CCN1CCN(CC2(C=O)CCCC(C)C2)CC1. The monoisotopic (exact) mass is 252 g/mol. The van der Waals surface area contributed by atoms with Crippen LogP contribution in [0.5, 0.6) is 0 Å². The van der Waals surface area contributed by atoms with Crippen LogP contribution in [0.3, 0.4) is 0 Å². The van der Waals surface area contributed by atoms with Crippen LogP contribution in [-0.2, 0) is 4.79 Å². The number of carbonyl (C=O) groups is 1. The molecule has 3 heteroatoms. The number of piperazine rings is 1. The summed E-state index contributed by atoms with van der Waals surface area (Å²) in [4.78, 5) is 16.6. The van der Waals surface area contributed by atoms with Gasteiger partial charge in [0.1, 0.15) is 6.29 Å². The molecule has 0 radical (unpaired) electrons. The zero-order chi connectivity index (χ0) is 13.0. The number of hydrogen-bond acceptors (Lipinski definition) is 3. The molecule has 2 fully saturated rings. The Balaban J connectivity index is 1.88. The van der Waals surface area contributed by atoms with Gasteiger partial charge < -0.3 is 9.69 Å². The quantitative estimate of drug-likeness (QED) is 0.715. The van der Waals surface area contributed by atoms with E-state index in [9.17, 15) is 4.79 Å². The lowest BCUT2D eigenvalue weighted by Gasteiger charge is -2.42. The molecular formula is C15H28N2O. The van der Waals surface area contributed by atoms with E-state index in [0.717, 1.165) is 44.9 Å². The molecule has 0 N–H and O–H groups in total. The second kappa shape index (κ2) is 6.16. The van der Waals surface area contributed by atoms with Gasteiger partial charge in [0.2, 0.25) is 0 Å². The van der Waals surface area contributed by atoms with E-state index in [2.05, 4.69) is 23.6 Å². The van der Waals surface area contributed by atoms with Gasteiger partial charge in [0, 0.05) is 38.1 Å². The van der Waals surface area contributed by atoms with E-state index in [-0.39, 0.29) is 5.41 Å². The summed E-state index contributed by atoms with van der Waals surface area (Å²) in [6.45, 7) is 11.3. The minimum Gasteiger partial charge on any atom is -0.303 e. The van der Waals surface area contributed by atoms with Crippen molar-refractivity contribution in [2.24, 2.45) is 11.3 Å². The largest absolute Gasteiger partial charge is 0.303 e. The van der Waals surface area contributed by atoms with E-state index >= 15 is 0 Å². The maximum absolute atomic E-state index is 11.6. The Morgan fingerprint density at radius 2 is 1.89 bits per heavy atom. The first-order chi connectivity index (χ1) is 8.67. The van der Waals surface area contributed by atoms with Crippen LogP contribution in [0.25, 0.3) is 0 Å². The van der Waals surface area contributed by atoms with Gasteiger partial charge >= 0.3 is 0 Å². The maximum Gasteiger partial charge on any atom is 0.127 e. The molecule has 1 saturated heterocycles. The summed E-state index contributed by atoms with van der Waals surface area (Å²) in [5, 5.41) is 0. The van der Waals surface area contributed by atoms with E-state index in [1.54, 1.807) is 0 Å². The molecule has 18 heavy (non-hydrogen) atoms. The molecule has 1 heterocycles. The minimum atomic E-state index is -0.0357. The summed E-state index contributed by atoms with van der Waals surface area (Å²) in [5.41, 5.74) is -0.0357. The zero-order valence-corrected chi connectivity index (χ0v) is 12.0. The van der Waals surface area contributed by atoms with Gasteiger partial charge in [-0.25, -0.2) is 0 Å². The molecule has 2 atom stereocenters. The molecule has 0 spiro atoms. The molecular weight excluding hydrogens is 224 g/mol. The fraction of sp³-hybridized carbons (Fsp3) is 0.933. The molecule has 2 rings (SSSR count). The predicted molar refractivity (Wildman–Crippen MR) is 74.7 cm³/mol. The molecule has 2 unspecified atom stereocenters. The van der Waals surface area contributed by atoms with Crippen LogP contribution in [0, 0.1) is 11.3 Å². The summed E-state index contributed by atoms with van der Waals surface area (Å²) >= 11 is 0. The summed E-state index contributed by atoms with van der Waals surface area (Å²) in [6, 6.07) is 0. The Bertz CT molecular complexity index is 274. The maximum atomic E-state index is 11.6. The highest BCUT2D eigenvalue weighted by Gasteiger charge is 2.36. The van der Waals surface area contributed by atoms with Gasteiger partial charge in [-0.05, 0) is 25.3 Å². The zero-order valence-electron chi connectivity index (χ0n) is 12.0. The van der Waals surface area contributed by atoms with Crippen LogP contribution >= 0.6 is 0 Å². The highest BCUT2D eigenvalue weighted by molar-refractivity contribution is 5.60. The summed E-state index contributed by atoms with van der Waals surface area (Å²) in [6.07, 6.45) is 6.02. The molecule has 0 bridgehead atoms. The predicted octanol–water partition coefficient (Wildman–Crippen LogP) is 2.02. The smallest absolute Gasteiger partial charge is 0.127 e. The van der Waals surface area contributed by atoms with Crippen LogP contribution in [0.1, 0.15) is 39.5 Å². The second-order valence-corrected chi connectivity index (χ2v) is 6.39. The van der Waals surface area contributed by atoms with Crippen molar-refractivity contribution in [1.82, 2.24) is 9.80 Å². The lowest BCUT2D eigenvalue weighted by molar-refractivity contribution is -0.120. The molecule has 0 amide bonds. The van der Waals surface area contributed by atoms with E-state index in [4.69, 9.17) is 0 Å². The first-order valence-electron chi connectivity index (χ1n) is 7.58.